The van der Waals surface area contributed by atoms with Gasteiger partial charge in [-0.2, -0.15) is 0 Å². The molecular formula is C19H17ClFNO4S. The Bertz CT molecular complexity index is 1130. The number of aromatic amines is 1. The quantitative estimate of drug-likeness (QED) is 0.495. The molecule has 0 spiro atoms. The van der Waals surface area contributed by atoms with Gasteiger partial charge in [0.05, 0.1) is 0 Å². The maximum absolute atomic E-state index is 13.1. The highest BCUT2D eigenvalue weighted by Gasteiger charge is 2.30. The van der Waals surface area contributed by atoms with Gasteiger partial charge in [-0.25, -0.2) is 17.6 Å². The number of hydrogen-bond donors (Lipinski definition) is 1. The van der Waals surface area contributed by atoms with Crippen LogP contribution in [0.4, 0.5) is 4.39 Å². The molecule has 0 saturated carbocycles. The van der Waals surface area contributed by atoms with E-state index in [1.54, 1.807) is 51.1 Å². The average Bonchev–Trinajstić information content (AvgIpc) is 2.93. The molecule has 0 bridgehead atoms. The first-order chi connectivity index (χ1) is 12.5. The van der Waals surface area contributed by atoms with Crippen LogP contribution in [0.15, 0.2) is 47.4 Å². The Morgan fingerprint density at radius 1 is 1.07 bits per heavy atom. The molecule has 142 valence electrons. The van der Waals surface area contributed by atoms with Gasteiger partial charge in [0, 0.05) is 21.6 Å². The molecule has 0 aliphatic carbocycles. The highest BCUT2D eigenvalue weighted by Crippen LogP contribution is 2.33. The first kappa shape index (κ1) is 19.4. The maximum Gasteiger partial charge on any atom is 0.356 e. The minimum atomic E-state index is -4.21. The normalized spacial score (nSPS) is 12.3. The largest absolute Gasteiger partial charge is 0.455 e. The van der Waals surface area contributed by atoms with Crippen LogP contribution in [-0.4, -0.2) is 25.0 Å². The van der Waals surface area contributed by atoms with E-state index in [4.69, 9.17) is 15.4 Å². The maximum atomic E-state index is 13.1. The lowest BCUT2D eigenvalue weighted by atomic mass is 10.0. The first-order valence-corrected chi connectivity index (χ1v) is 10.4. The lowest BCUT2D eigenvalue weighted by Gasteiger charge is -2.19. The van der Waals surface area contributed by atoms with E-state index < -0.39 is 20.6 Å². The van der Waals surface area contributed by atoms with E-state index in [-0.39, 0.29) is 21.8 Å². The van der Waals surface area contributed by atoms with Gasteiger partial charge in [0.1, 0.15) is 22.0 Å². The molecule has 0 atom stereocenters. The van der Waals surface area contributed by atoms with Crippen LogP contribution in [0.2, 0.25) is 0 Å². The van der Waals surface area contributed by atoms with Crippen molar-refractivity contribution in [2.75, 3.05) is 0 Å². The minimum Gasteiger partial charge on any atom is -0.455 e. The Hall–Kier alpha value is -2.38. The summed E-state index contributed by atoms with van der Waals surface area (Å²) in [7, 11) is 1.37. The van der Waals surface area contributed by atoms with E-state index in [9.17, 15) is 17.6 Å². The number of carbonyl (C=O) groups is 1. The fourth-order valence-electron chi connectivity index (χ4n) is 2.72. The third-order valence-corrected chi connectivity index (χ3v) is 5.15. The van der Waals surface area contributed by atoms with E-state index >= 15 is 0 Å². The van der Waals surface area contributed by atoms with Crippen LogP contribution in [0.25, 0.3) is 22.0 Å². The molecule has 0 unspecified atom stereocenters. The van der Waals surface area contributed by atoms with E-state index in [0.717, 1.165) is 11.1 Å². The second-order valence-electron chi connectivity index (χ2n) is 7.04. The number of fused-ring (bicyclic) bond motifs is 1. The molecule has 3 rings (SSSR count). The van der Waals surface area contributed by atoms with Gasteiger partial charge in [-0.15, -0.1) is 0 Å². The molecule has 0 radical (unpaired) electrons. The molecule has 2 aromatic carbocycles. The molecule has 27 heavy (non-hydrogen) atoms. The topological polar surface area (TPSA) is 76.2 Å². The van der Waals surface area contributed by atoms with Gasteiger partial charge in [-0.3, -0.25) is 0 Å². The zero-order valence-corrected chi connectivity index (χ0v) is 16.4. The molecule has 3 aromatic rings. The van der Waals surface area contributed by atoms with Crippen molar-refractivity contribution in [2.24, 2.45) is 0 Å². The Morgan fingerprint density at radius 2 is 1.67 bits per heavy atom. The van der Waals surface area contributed by atoms with Crippen molar-refractivity contribution in [3.05, 3.63) is 54.0 Å². The molecule has 1 N–H and O–H groups in total. The molecule has 0 saturated heterocycles. The van der Waals surface area contributed by atoms with Crippen molar-refractivity contribution >= 4 is 36.6 Å². The Labute approximate surface area is 160 Å². The predicted molar refractivity (Wildman–Crippen MR) is 102 cm³/mol. The summed E-state index contributed by atoms with van der Waals surface area (Å²) in [6.45, 7) is 5.03. The summed E-state index contributed by atoms with van der Waals surface area (Å²) in [4.78, 5) is 15.0. The molecule has 8 heteroatoms. The summed E-state index contributed by atoms with van der Waals surface area (Å²) in [5.41, 5.74) is 0.823. The van der Waals surface area contributed by atoms with Crippen LogP contribution >= 0.6 is 10.7 Å². The summed E-state index contributed by atoms with van der Waals surface area (Å²) >= 11 is 0. The van der Waals surface area contributed by atoms with Crippen molar-refractivity contribution in [2.45, 2.75) is 31.3 Å². The second-order valence-corrected chi connectivity index (χ2v) is 9.54. The van der Waals surface area contributed by atoms with E-state index in [1.807, 2.05) is 0 Å². The third kappa shape index (κ3) is 4.14. The molecule has 1 heterocycles. The highest BCUT2D eigenvalue weighted by atomic mass is 35.7. The van der Waals surface area contributed by atoms with Gasteiger partial charge in [0.15, 0.2) is 0 Å². The number of nitrogens with one attached hydrogen (secondary N) is 1. The van der Waals surface area contributed by atoms with Crippen molar-refractivity contribution in [1.82, 2.24) is 4.98 Å². The lowest BCUT2D eigenvalue weighted by Crippen LogP contribution is -2.24. The predicted octanol–water partition coefficient (Wildman–Crippen LogP) is 4.86. The first-order valence-electron chi connectivity index (χ1n) is 8.05. The number of ether oxygens (including phenoxy) is 1. The van der Waals surface area contributed by atoms with Crippen LogP contribution in [0.1, 0.15) is 31.3 Å². The number of aromatic nitrogens is 1. The summed E-state index contributed by atoms with van der Waals surface area (Å²) in [5, 5.41) is 0.275. The van der Waals surface area contributed by atoms with Crippen molar-refractivity contribution in [3.8, 4) is 11.1 Å². The van der Waals surface area contributed by atoms with Crippen LogP contribution in [0.5, 0.6) is 0 Å². The van der Waals surface area contributed by atoms with Crippen LogP contribution < -0.4 is 0 Å². The molecule has 1 aromatic heterocycles. The van der Waals surface area contributed by atoms with Gasteiger partial charge >= 0.3 is 5.97 Å². The zero-order chi connectivity index (χ0) is 20.0. The summed E-state index contributed by atoms with van der Waals surface area (Å²) in [6, 6.07) is 10.8. The van der Waals surface area contributed by atoms with Crippen molar-refractivity contribution < 1.29 is 22.3 Å². The number of benzene rings is 2. The smallest absolute Gasteiger partial charge is 0.356 e. The van der Waals surface area contributed by atoms with E-state index in [0.29, 0.717) is 5.52 Å². The minimum absolute atomic E-state index is 0.230. The Kier molecular flexibility index (Phi) is 4.78. The number of esters is 1. The number of halogens is 2. The SMILES string of the molecule is CC(C)(C)OC(=O)c1[nH]c2cc(-c3ccc(F)cc3)ccc2c1S(=O)(=O)Cl. The Morgan fingerprint density at radius 3 is 2.22 bits per heavy atom. The zero-order valence-electron chi connectivity index (χ0n) is 14.8. The highest BCUT2D eigenvalue weighted by molar-refractivity contribution is 8.14. The van der Waals surface area contributed by atoms with Gasteiger partial charge in [-0.05, 0) is 50.1 Å². The fourth-order valence-corrected chi connectivity index (χ4v) is 4.02. The standard InChI is InChI=1S/C19H17ClFNO4S/c1-19(2,3)26-18(23)16-17(27(20,24)25)14-9-6-12(10-15(14)22-16)11-4-7-13(21)8-5-11/h4-10,22H,1-3H3. The number of hydrogen-bond acceptors (Lipinski definition) is 4. The summed E-state index contributed by atoms with van der Waals surface area (Å²) < 4.78 is 42.6. The fraction of sp³-hybridized carbons (Fsp3) is 0.211. The third-order valence-electron chi connectivity index (χ3n) is 3.78. The average molecular weight is 410 g/mol. The van der Waals surface area contributed by atoms with Crippen LogP contribution in [-0.2, 0) is 13.8 Å². The second kappa shape index (κ2) is 6.65. The summed E-state index contributed by atoms with van der Waals surface area (Å²) in [5.74, 6) is -1.18. The van der Waals surface area contributed by atoms with Crippen molar-refractivity contribution in [1.29, 1.82) is 0 Å². The molecule has 0 aliphatic heterocycles. The van der Waals surface area contributed by atoms with Gasteiger partial charge in [-0.1, -0.05) is 24.3 Å². The number of carbonyl (C=O) groups excluding carboxylic acids is 1. The van der Waals surface area contributed by atoms with Gasteiger partial charge in [0.2, 0.25) is 0 Å². The molecule has 5 nitrogen and oxygen atoms in total. The van der Waals surface area contributed by atoms with Crippen LogP contribution in [0, 0.1) is 5.82 Å². The van der Waals surface area contributed by atoms with Crippen LogP contribution in [0.3, 0.4) is 0 Å². The number of H-pyrrole nitrogens is 1. The van der Waals surface area contributed by atoms with Gasteiger partial charge < -0.3 is 9.72 Å². The molecular weight excluding hydrogens is 393 g/mol. The molecule has 0 aliphatic rings. The molecule has 0 amide bonds. The van der Waals surface area contributed by atoms with Crippen molar-refractivity contribution in [3.63, 3.8) is 0 Å². The molecule has 0 fully saturated rings. The number of rotatable bonds is 3. The monoisotopic (exact) mass is 409 g/mol. The lowest BCUT2D eigenvalue weighted by molar-refractivity contribution is 0.00595. The van der Waals surface area contributed by atoms with E-state index in [1.165, 1.54) is 12.1 Å². The van der Waals surface area contributed by atoms with E-state index in [2.05, 4.69) is 4.98 Å². The van der Waals surface area contributed by atoms with Gasteiger partial charge in [0.25, 0.3) is 9.05 Å². The summed E-state index contributed by atoms with van der Waals surface area (Å²) in [6.07, 6.45) is 0. The Balaban J connectivity index is 2.18.